The highest BCUT2D eigenvalue weighted by molar-refractivity contribution is 5.95. The van der Waals surface area contributed by atoms with Crippen LogP contribution in [0.3, 0.4) is 0 Å². The third kappa shape index (κ3) is 4.91. The first kappa shape index (κ1) is 24.1. The summed E-state index contributed by atoms with van der Waals surface area (Å²) in [5, 5.41) is 0. The summed E-state index contributed by atoms with van der Waals surface area (Å²) >= 11 is 0. The van der Waals surface area contributed by atoms with Crippen LogP contribution in [0.2, 0.25) is 0 Å². The summed E-state index contributed by atoms with van der Waals surface area (Å²) in [6.45, 7) is 8.23. The van der Waals surface area contributed by atoms with Crippen LogP contribution in [0.1, 0.15) is 66.3 Å². The van der Waals surface area contributed by atoms with Gasteiger partial charge in [-0.05, 0) is 59.9 Å². The van der Waals surface area contributed by atoms with Gasteiger partial charge in [-0.25, -0.2) is 0 Å². The maximum absolute atomic E-state index is 13.3. The van der Waals surface area contributed by atoms with Crippen molar-refractivity contribution in [3.05, 3.63) is 59.2 Å². The van der Waals surface area contributed by atoms with Crippen molar-refractivity contribution in [2.45, 2.75) is 52.6 Å². The van der Waals surface area contributed by atoms with Crippen molar-refractivity contribution >= 4 is 11.8 Å². The van der Waals surface area contributed by atoms with Crippen LogP contribution in [0.25, 0.3) is 0 Å². The van der Waals surface area contributed by atoms with Gasteiger partial charge in [0, 0.05) is 43.4 Å². The standard InChI is InChI=1S/C28H36N2O4/c1-27(2)14-22-15-28(3,17-27)18-30(22)26(32)20-9-7-19(8-10-20)16-29(4)25(31)21-11-23(33-5)13-24(12-21)34-6/h7-13,22H,14-18H2,1-6H3. The second-order valence-corrected chi connectivity index (χ2v) is 11.1. The first-order valence-corrected chi connectivity index (χ1v) is 11.9. The van der Waals surface area contributed by atoms with Gasteiger partial charge in [-0.1, -0.05) is 32.9 Å². The Morgan fingerprint density at radius 1 is 0.971 bits per heavy atom. The summed E-state index contributed by atoms with van der Waals surface area (Å²) in [7, 11) is 4.89. The molecule has 1 aliphatic carbocycles. The average molecular weight is 465 g/mol. The maximum atomic E-state index is 13.3. The number of likely N-dealkylation sites (tertiary alicyclic amines) is 1. The van der Waals surface area contributed by atoms with E-state index in [1.807, 2.05) is 24.3 Å². The summed E-state index contributed by atoms with van der Waals surface area (Å²) in [6, 6.07) is 13.1. The Bertz CT molecular complexity index is 1060. The number of rotatable bonds is 6. The van der Waals surface area contributed by atoms with Crippen LogP contribution in [0, 0.1) is 10.8 Å². The highest BCUT2D eigenvalue weighted by Gasteiger charge is 2.51. The smallest absolute Gasteiger partial charge is 0.254 e. The second kappa shape index (κ2) is 8.97. The van der Waals surface area contributed by atoms with Gasteiger partial charge in [-0.15, -0.1) is 0 Å². The second-order valence-electron chi connectivity index (χ2n) is 11.1. The number of ether oxygens (including phenoxy) is 2. The van der Waals surface area contributed by atoms with E-state index in [0.29, 0.717) is 35.2 Å². The van der Waals surface area contributed by atoms with E-state index in [4.69, 9.17) is 9.47 Å². The molecule has 0 N–H and O–H groups in total. The van der Waals surface area contributed by atoms with Crippen LogP contribution in [-0.4, -0.2) is 55.5 Å². The van der Waals surface area contributed by atoms with Crippen LogP contribution in [0.5, 0.6) is 11.5 Å². The number of fused-ring (bicyclic) bond motifs is 2. The summed E-state index contributed by atoms with van der Waals surface area (Å²) in [6.07, 6.45) is 3.33. The van der Waals surface area contributed by atoms with Crippen molar-refractivity contribution in [3.8, 4) is 11.5 Å². The minimum absolute atomic E-state index is 0.117. The number of hydrogen-bond donors (Lipinski definition) is 0. The Morgan fingerprint density at radius 3 is 2.18 bits per heavy atom. The van der Waals surface area contributed by atoms with Crippen molar-refractivity contribution in [1.82, 2.24) is 9.80 Å². The number of nitrogens with zero attached hydrogens (tertiary/aromatic N) is 2. The molecule has 1 aliphatic heterocycles. The topological polar surface area (TPSA) is 59.1 Å². The molecular formula is C28H36N2O4. The van der Waals surface area contributed by atoms with E-state index in [1.165, 1.54) is 6.42 Å². The van der Waals surface area contributed by atoms with Crippen molar-refractivity contribution in [2.75, 3.05) is 27.8 Å². The Hall–Kier alpha value is -3.02. The molecule has 2 amide bonds. The molecule has 6 heteroatoms. The molecule has 34 heavy (non-hydrogen) atoms. The number of carbonyl (C=O) groups is 2. The molecule has 2 unspecified atom stereocenters. The molecule has 2 fully saturated rings. The van der Waals surface area contributed by atoms with Gasteiger partial charge < -0.3 is 19.3 Å². The molecule has 0 aromatic heterocycles. The maximum Gasteiger partial charge on any atom is 0.254 e. The van der Waals surface area contributed by atoms with E-state index < -0.39 is 0 Å². The Labute approximate surface area is 202 Å². The Morgan fingerprint density at radius 2 is 1.59 bits per heavy atom. The molecule has 182 valence electrons. The van der Waals surface area contributed by atoms with Gasteiger partial charge >= 0.3 is 0 Å². The lowest BCUT2D eigenvalue weighted by atomic mass is 9.65. The number of benzene rings is 2. The normalized spacial score (nSPS) is 22.9. The zero-order chi connectivity index (χ0) is 24.7. The first-order chi connectivity index (χ1) is 16.0. The summed E-state index contributed by atoms with van der Waals surface area (Å²) in [5.74, 6) is 1.13. The van der Waals surface area contributed by atoms with Gasteiger partial charge in [0.15, 0.2) is 0 Å². The minimum Gasteiger partial charge on any atom is -0.497 e. The van der Waals surface area contributed by atoms with E-state index in [1.54, 1.807) is 44.4 Å². The van der Waals surface area contributed by atoms with Gasteiger partial charge in [0.1, 0.15) is 11.5 Å². The predicted octanol–water partition coefficient (Wildman–Crippen LogP) is 5.02. The lowest BCUT2D eigenvalue weighted by molar-refractivity contribution is 0.0707. The fourth-order valence-electron chi connectivity index (χ4n) is 6.11. The van der Waals surface area contributed by atoms with E-state index >= 15 is 0 Å². The van der Waals surface area contributed by atoms with E-state index in [0.717, 1.165) is 24.9 Å². The number of hydrogen-bond acceptors (Lipinski definition) is 4. The molecule has 2 atom stereocenters. The number of amides is 2. The zero-order valence-electron chi connectivity index (χ0n) is 21.2. The fraction of sp³-hybridized carbons (Fsp3) is 0.500. The quantitative estimate of drug-likeness (QED) is 0.603. The molecule has 2 aromatic carbocycles. The Kier molecular flexibility index (Phi) is 6.36. The first-order valence-electron chi connectivity index (χ1n) is 11.9. The molecule has 1 saturated heterocycles. The molecule has 0 radical (unpaired) electrons. The van der Waals surface area contributed by atoms with Gasteiger partial charge in [0.2, 0.25) is 0 Å². The molecule has 2 aromatic rings. The van der Waals surface area contributed by atoms with Crippen LogP contribution in [0.15, 0.2) is 42.5 Å². The van der Waals surface area contributed by atoms with Crippen LogP contribution >= 0.6 is 0 Å². The SMILES string of the molecule is COc1cc(OC)cc(C(=O)N(C)Cc2ccc(C(=O)N3CC4(C)CC3CC(C)(C)C4)cc2)c1. The summed E-state index contributed by atoms with van der Waals surface area (Å²) in [5.41, 5.74) is 2.68. The largest absolute Gasteiger partial charge is 0.497 e. The molecule has 2 bridgehead atoms. The van der Waals surface area contributed by atoms with E-state index in [2.05, 4.69) is 25.7 Å². The average Bonchev–Trinajstić information content (AvgIpc) is 3.06. The molecule has 0 spiro atoms. The lowest BCUT2D eigenvalue weighted by Gasteiger charge is -2.39. The summed E-state index contributed by atoms with van der Waals surface area (Å²) < 4.78 is 10.6. The molecule has 6 nitrogen and oxygen atoms in total. The van der Waals surface area contributed by atoms with Crippen LogP contribution in [0.4, 0.5) is 0 Å². The molecule has 1 saturated carbocycles. The zero-order valence-corrected chi connectivity index (χ0v) is 21.2. The molecule has 4 rings (SSSR count). The van der Waals surface area contributed by atoms with Gasteiger partial charge in [0.25, 0.3) is 11.8 Å². The predicted molar refractivity (Wildman–Crippen MR) is 132 cm³/mol. The number of methoxy groups -OCH3 is 2. The van der Waals surface area contributed by atoms with E-state index in [9.17, 15) is 9.59 Å². The van der Waals surface area contributed by atoms with Gasteiger partial charge in [0.05, 0.1) is 14.2 Å². The highest BCUT2D eigenvalue weighted by Crippen LogP contribution is 2.52. The Balaban J connectivity index is 1.43. The molecular weight excluding hydrogens is 428 g/mol. The van der Waals surface area contributed by atoms with Crippen molar-refractivity contribution in [2.24, 2.45) is 10.8 Å². The van der Waals surface area contributed by atoms with Crippen LogP contribution in [-0.2, 0) is 6.54 Å². The molecule has 1 heterocycles. The fourth-order valence-corrected chi connectivity index (χ4v) is 6.11. The third-order valence-corrected chi connectivity index (χ3v) is 7.24. The minimum atomic E-state index is -0.127. The lowest BCUT2D eigenvalue weighted by Crippen LogP contribution is -2.37. The summed E-state index contributed by atoms with van der Waals surface area (Å²) in [4.78, 5) is 30.0. The van der Waals surface area contributed by atoms with Gasteiger partial charge in [-0.3, -0.25) is 9.59 Å². The molecule has 2 aliphatic rings. The van der Waals surface area contributed by atoms with Crippen molar-refractivity contribution in [3.63, 3.8) is 0 Å². The van der Waals surface area contributed by atoms with E-state index in [-0.39, 0.29) is 22.6 Å². The number of carbonyl (C=O) groups excluding carboxylic acids is 2. The van der Waals surface area contributed by atoms with Crippen molar-refractivity contribution < 1.29 is 19.1 Å². The monoisotopic (exact) mass is 464 g/mol. The van der Waals surface area contributed by atoms with Gasteiger partial charge in [-0.2, -0.15) is 0 Å². The van der Waals surface area contributed by atoms with Crippen LogP contribution < -0.4 is 9.47 Å². The third-order valence-electron chi connectivity index (χ3n) is 7.24. The highest BCUT2D eigenvalue weighted by atomic mass is 16.5. The van der Waals surface area contributed by atoms with Crippen molar-refractivity contribution in [1.29, 1.82) is 0 Å².